The number of esters is 1. The standard InChI is InChI=1S/C25H19ClN2O5/c1-32-25(31)21-10-5-8-19(27-21)15-33-22-11-3-2-6-16(22)12-17-13-23(29)28(24(17)30)20-9-4-7-18(26)14-20/h2-12,14H,13,15H2,1H3/b17-12+. The van der Waals surface area contributed by atoms with E-state index in [1.807, 2.05) is 6.07 Å². The third-order valence-electron chi connectivity index (χ3n) is 4.96. The maximum atomic E-state index is 13.0. The van der Waals surface area contributed by atoms with Crippen LogP contribution in [0.3, 0.4) is 0 Å². The summed E-state index contributed by atoms with van der Waals surface area (Å²) in [5.74, 6) is -0.743. The third kappa shape index (κ3) is 4.94. The Hall–Kier alpha value is -3.97. The van der Waals surface area contributed by atoms with Gasteiger partial charge in [0.05, 0.1) is 24.9 Å². The Balaban J connectivity index is 1.55. The van der Waals surface area contributed by atoms with Crippen LogP contribution in [0.15, 0.2) is 72.3 Å². The highest BCUT2D eigenvalue weighted by molar-refractivity contribution is 6.32. The molecule has 1 aliphatic rings. The number of rotatable bonds is 6. The molecule has 33 heavy (non-hydrogen) atoms. The van der Waals surface area contributed by atoms with Crippen LogP contribution in [0.2, 0.25) is 5.02 Å². The highest BCUT2D eigenvalue weighted by atomic mass is 35.5. The molecule has 0 unspecified atom stereocenters. The van der Waals surface area contributed by atoms with Crippen molar-refractivity contribution in [3.8, 4) is 5.75 Å². The Labute approximate surface area is 195 Å². The van der Waals surface area contributed by atoms with Crippen molar-refractivity contribution >= 4 is 41.1 Å². The van der Waals surface area contributed by atoms with Crippen LogP contribution in [0.5, 0.6) is 5.75 Å². The summed E-state index contributed by atoms with van der Waals surface area (Å²) >= 11 is 6.02. The summed E-state index contributed by atoms with van der Waals surface area (Å²) in [5, 5.41) is 0.439. The van der Waals surface area contributed by atoms with Gasteiger partial charge in [-0.2, -0.15) is 0 Å². The molecule has 0 bridgehead atoms. The molecule has 0 spiro atoms. The summed E-state index contributed by atoms with van der Waals surface area (Å²) in [7, 11) is 1.29. The molecule has 1 fully saturated rings. The first-order chi connectivity index (χ1) is 16.0. The average molecular weight is 463 g/mol. The molecule has 1 aromatic heterocycles. The number of halogens is 1. The van der Waals surface area contributed by atoms with Crippen LogP contribution < -0.4 is 9.64 Å². The number of carbonyl (C=O) groups excluding carboxylic acids is 3. The lowest BCUT2D eigenvalue weighted by molar-refractivity contribution is -0.120. The van der Waals surface area contributed by atoms with Gasteiger partial charge in [-0.1, -0.05) is 41.9 Å². The SMILES string of the molecule is COC(=O)c1cccc(COc2ccccc2/C=C2\CC(=O)N(c3cccc(Cl)c3)C2=O)n1. The van der Waals surface area contributed by atoms with Gasteiger partial charge in [-0.3, -0.25) is 9.59 Å². The molecule has 3 aromatic rings. The maximum absolute atomic E-state index is 13.0. The smallest absolute Gasteiger partial charge is 0.356 e. The number of carbonyl (C=O) groups is 3. The molecule has 2 heterocycles. The van der Waals surface area contributed by atoms with E-state index in [1.165, 1.54) is 7.11 Å². The van der Waals surface area contributed by atoms with Crippen molar-refractivity contribution in [2.45, 2.75) is 13.0 Å². The first kappa shape index (κ1) is 22.2. The summed E-state index contributed by atoms with van der Waals surface area (Å²) in [6.45, 7) is 0.104. The van der Waals surface area contributed by atoms with E-state index in [0.717, 1.165) is 4.90 Å². The first-order valence-electron chi connectivity index (χ1n) is 10.1. The van der Waals surface area contributed by atoms with Gasteiger partial charge in [-0.25, -0.2) is 14.7 Å². The Morgan fingerprint density at radius 1 is 1.09 bits per heavy atom. The zero-order valence-corrected chi connectivity index (χ0v) is 18.4. The van der Waals surface area contributed by atoms with Crippen LogP contribution in [0.4, 0.5) is 5.69 Å². The fourth-order valence-electron chi connectivity index (χ4n) is 3.41. The molecule has 8 heteroatoms. The van der Waals surface area contributed by atoms with Crippen molar-refractivity contribution in [3.63, 3.8) is 0 Å². The molecule has 0 N–H and O–H groups in total. The van der Waals surface area contributed by atoms with Crippen LogP contribution in [0.25, 0.3) is 6.08 Å². The summed E-state index contributed by atoms with van der Waals surface area (Å²) in [4.78, 5) is 42.5. The number of nitrogens with zero attached hydrogens (tertiary/aromatic N) is 2. The number of pyridine rings is 1. The molecule has 0 radical (unpaired) electrons. The van der Waals surface area contributed by atoms with E-state index in [0.29, 0.717) is 33.3 Å². The van der Waals surface area contributed by atoms with Crippen molar-refractivity contribution in [3.05, 3.63) is 94.3 Å². The molecular weight excluding hydrogens is 444 g/mol. The van der Waals surface area contributed by atoms with Crippen molar-refractivity contribution in [2.75, 3.05) is 12.0 Å². The molecule has 166 valence electrons. The fourth-order valence-corrected chi connectivity index (χ4v) is 3.60. The first-order valence-corrected chi connectivity index (χ1v) is 10.4. The Kier molecular flexibility index (Phi) is 6.51. The maximum Gasteiger partial charge on any atom is 0.356 e. The molecule has 0 aliphatic carbocycles. The van der Waals surface area contributed by atoms with E-state index in [2.05, 4.69) is 4.98 Å². The van der Waals surface area contributed by atoms with Crippen molar-refractivity contribution in [1.82, 2.24) is 4.98 Å². The molecule has 2 aromatic carbocycles. The molecule has 1 aliphatic heterocycles. The number of methoxy groups -OCH3 is 1. The van der Waals surface area contributed by atoms with E-state index < -0.39 is 11.9 Å². The Morgan fingerprint density at radius 3 is 2.67 bits per heavy atom. The summed E-state index contributed by atoms with van der Waals surface area (Å²) in [6, 6.07) is 18.7. The zero-order chi connectivity index (χ0) is 23.4. The van der Waals surface area contributed by atoms with Gasteiger partial charge < -0.3 is 9.47 Å². The number of aromatic nitrogens is 1. The van der Waals surface area contributed by atoms with Gasteiger partial charge in [0.1, 0.15) is 18.1 Å². The minimum absolute atomic E-state index is 0.0254. The third-order valence-corrected chi connectivity index (χ3v) is 5.20. The van der Waals surface area contributed by atoms with Gasteiger partial charge in [0.2, 0.25) is 5.91 Å². The predicted molar refractivity (Wildman–Crippen MR) is 123 cm³/mol. The molecule has 0 saturated carbocycles. The van der Waals surface area contributed by atoms with Crippen LogP contribution >= 0.6 is 11.6 Å². The minimum Gasteiger partial charge on any atom is -0.487 e. The van der Waals surface area contributed by atoms with Crippen LogP contribution in [0.1, 0.15) is 28.2 Å². The minimum atomic E-state index is -0.532. The number of para-hydroxylation sites is 1. The second kappa shape index (κ2) is 9.67. The predicted octanol–water partition coefficient (Wildman–Crippen LogP) is 4.45. The lowest BCUT2D eigenvalue weighted by Gasteiger charge is -2.13. The normalized spacial score (nSPS) is 14.6. The van der Waals surface area contributed by atoms with Crippen molar-refractivity contribution in [1.29, 1.82) is 0 Å². The number of imide groups is 1. The van der Waals surface area contributed by atoms with Gasteiger partial charge in [-0.15, -0.1) is 0 Å². The number of ether oxygens (including phenoxy) is 2. The Bertz CT molecular complexity index is 1270. The van der Waals surface area contributed by atoms with Gasteiger partial charge in [-0.05, 0) is 42.5 Å². The largest absolute Gasteiger partial charge is 0.487 e. The molecule has 0 atom stereocenters. The Morgan fingerprint density at radius 2 is 1.88 bits per heavy atom. The molecular formula is C25H19ClN2O5. The lowest BCUT2D eigenvalue weighted by atomic mass is 10.1. The molecule has 7 nitrogen and oxygen atoms in total. The van der Waals surface area contributed by atoms with E-state index in [9.17, 15) is 14.4 Å². The van der Waals surface area contributed by atoms with Gasteiger partial charge in [0, 0.05) is 16.2 Å². The highest BCUT2D eigenvalue weighted by Crippen LogP contribution is 2.31. The second-order valence-electron chi connectivity index (χ2n) is 7.19. The van der Waals surface area contributed by atoms with E-state index >= 15 is 0 Å². The van der Waals surface area contributed by atoms with Crippen molar-refractivity contribution in [2.24, 2.45) is 0 Å². The zero-order valence-electron chi connectivity index (χ0n) is 17.7. The van der Waals surface area contributed by atoms with Gasteiger partial charge in [0.25, 0.3) is 5.91 Å². The highest BCUT2D eigenvalue weighted by Gasteiger charge is 2.35. The van der Waals surface area contributed by atoms with Crippen LogP contribution in [-0.4, -0.2) is 29.9 Å². The summed E-state index contributed by atoms with van der Waals surface area (Å²) in [5.41, 5.74) is 2.15. The second-order valence-corrected chi connectivity index (χ2v) is 7.63. The van der Waals surface area contributed by atoms with Crippen molar-refractivity contribution < 1.29 is 23.9 Å². The number of anilines is 1. The number of benzene rings is 2. The molecule has 2 amide bonds. The van der Waals surface area contributed by atoms with Crippen LogP contribution in [-0.2, 0) is 20.9 Å². The summed E-state index contributed by atoms with van der Waals surface area (Å²) < 4.78 is 10.6. The van der Waals surface area contributed by atoms with E-state index in [-0.39, 0.29) is 24.6 Å². The van der Waals surface area contributed by atoms with Gasteiger partial charge >= 0.3 is 5.97 Å². The quantitative estimate of drug-likeness (QED) is 0.305. The van der Waals surface area contributed by atoms with E-state index in [1.54, 1.807) is 66.7 Å². The topological polar surface area (TPSA) is 85.8 Å². The lowest BCUT2D eigenvalue weighted by Crippen LogP contribution is -2.28. The monoisotopic (exact) mass is 462 g/mol. The average Bonchev–Trinajstić information content (AvgIpc) is 3.10. The molecule has 4 rings (SSSR count). The molecule has 1 saturated heterocycles. The summed E-state index contributed by atoms with van der Waals surface area (Å²) in [6.07, 6.45) is 1.63. The van der Waals surface area contributed by atoms with Gasteiger partial charge in [0.15, 0.2) is 0 Å². The number of hydrogen-bond acceptors (Lipinski definition) is 6. The number of amides is 2. The van der Waals surface area contributed by atoms with E-state index in [4.69, 9.17) is 21.1 Å². The number of hydrogen-bond donors (Lipinski definition) is 0. The fraction of sp³-hybridized carbons (Fsp3) is 0.120. The van der Waals surface area contributed by atoms with Crippen LogP contribution in [0, 0.1) is 0 Å².